The minimum atomic E-state index is -1.00. The molecule has 6 heteroatoms. The Hall–Kier alpha value is -2.73. The average Bonchev–Trinajstić information content (AvgIpc) is 2.53. The first-order valence-corrected chi connectivity index (χ1v) is 6.13. The molecule has 0 bridgehead atoms. The van der Waals surface area contributed by atoms with E-state index in [1.807, 2.05) is 0 Å². The highest BCUT2D eigenvalue weighted by atomic mass is 16.6. The monoisotopic (exact) mass is 287 g/mol. The van der Waals surface area contributed by atoms with Crippen LogP contribution in [0.15, 0.2) is 48.5 Å². The van der Waals surface area contributed by atoms with E-state index in [0.29, 0.717) is 16.7 Å². The minimum Gasteiger partial charge on any atom is -0.465 e. The third-order valence-corrected chi connectivity index (χ3v) is 3.04. The van der Waals surface area contributed by atoms with Crippen molar-refractivity contribution >= 4 is 11.7 Å². The number of rotatable bonds is 4. The van der Waals surface area contributed by atoms with E-state index in [1.165, 1.54) is 37.4 Å². The number of nitro groups is 1. The smallest absolute Gasteiger partial charge is 0.337 e. The van der Waals surface area contributed by atoms with Crippen molar-refractivity contribution in [1.82, 2.24) is 0 Å². The van der Waals surface area contributed by atoms with Crippen LogP contribution in [-0.4, -0.2) is 23.1 Å². The number of non-ortho nitro benzene ring substituents is 1. The van der Waals surface area contributed by atoms with Crippen molar-refractivity contribution in [3.8, 4) is 0 Å². The molecule has 0 amide bonds. The van der Waals surface area contributed by atoms with Crippen LogP contribution >= 0.6 is 0 Å². The van der Waals surface area contributed by atoms with Crippen molar-refractivity contribution < 1.29 is 19.6 Å². The van der Waals surface area contributed by atoms with Gasteiger partial charge in [-0.1, -0.05) is 24.3 Å². The molecule has 0 unspecified atom stereocenters. The zero-order chi connectivity index (χ0) is 15.4. The van der Waals surface area contributed by atoms with Gasteiger partial charge in [0.15, 0.2) is 0 Å². The molecule has 2 rings (SSSR count). The Bertz CT molecular complexity index is 666. The quantitative estimate of drug-likeness (QED) is 0.530. The Labute approximate surface area is 120 Å². The van der Waals surface area contributed by atoms with E-state index >= 15 is 0 Å². The maximum Gasteiger partial charge on any atom is 0.337 e. The average molecular weight is 287 g/mol. The maximum atomic E-state index is 11.3. The summed E-state index contributed by atoms with van der Waals surface area (Å²) in [6, 6.07) is 12.0. The van der Waals surface area contributed by atoms with E-state index in [2.05, 4.69) is 4.74 Å². The minimum absolute atomic E-state index is 0.0854. The van der Waals surface area contributed by atoms with Crippen molar-refractivity contribution in [2.75, 3.05) is 7.11 Å². The molecule has 108 valence electrons. The molecule has 2 aromatic rings. The summed E-state index contributed by atoms with van der Waals surface area (Å²) >= 11 is 0. The van der Waals surface area contributed by atoms with Gasteiger partial charge in [-0.3, -0.25) is 10.1 Å². The van der Waals surface area contributed by atoms with Crippen LogP contribution in [0.2, 0.25) is 0 Å². The number of benzene rings is 2. The Kier molecular flexibility index (Phi) is 4.30. The summed E-state index contributed by atoms with van der Waals surface area (Å²) in [5.41, 5.74) is 1.23. The molecule has 0 spiro atoms. The first-order valence-electron chi connectivity index (χ1n) is 6.13. The number of carbonyl (C=O) groups is 1. The van der Waals surface area contributed by atoms with Gasteiger partial charge in [-0.05, 0) is 23.3 Å². The Morgan fingerprint density at radius 2 is 1.86 bits per heavy atom. The van der Waals surface area contributed by atoms with Gasteiger partial charge in [-0.15, -0.1) is 0 Å². The molecule has 2 aromatic carbocycles. The summed E-state index contributed by atoms with van der Waals surface area (Å²) < 4.78 is 4.59. The lowest BCUT2D eigenvalue weighted by atomic mass is 10.00. The molecule has 0 saturated heterocycles. The zero-order valence-electron chi connectivity index (χ0n) is 11.2. The number of nitro benzene ring substituents is 1. The topological polar surface area (TPSA) is 89.7 Å². The first-order chi connectivity index (χ1) is 10.0. The number of hydrogen-bond donors (Lipinski definition) is 1. The van der Waals surface area contributed by atoms with Crippen molar-refractivity contribution in [3.63, 3.8) is 0 Å². The summed E-state index contributed by atoms with van der Waals surface area (Å²) in [4.78, 5) is 21.5. The second kappa shape index (κ2) is 6.15. The van der Waals surface area contributed by atoms with Gasteiger partial charge >= 0.3 is 5.97 Å². The molecule has 0 aromatic heterocycles. The summed E-state index contributed by atoms with van der Waals surface area (Å²) in [5.74, 6) is -0.466. The second-order valence-electron chi connectivity index (χ2n) is 4.37. The largest absolute Gasteiger partial charge is 0.465 e. The summed E-state index contributed by atoms with van der Waals surface area (Å²) in [6.07, 6.45) is -1.00. The highest BCUT2D eigenvalue weighted by Crippen LogP contribution is 2.25. The highest BCUT2D eigenvalue weighted by Gasteiger charge is 2.15. The Morgan fingerprint density at radius 3 is 2.43 bits per heavy atom. The highest BCUT2D eigenvalue weighted by molar-refractivity contribution is 5.89. The van der Waals surface area contributed by atoms with E-state index in [9.17, 15) is 20.0 Å². The lowest BCUT2D eigenvalue weighted by Gasteiger charge is -2.11. The molecular weight excluding hydrogens is 274 g/mol. The van der Waals surface area contributed by atoms with Crippen LogP contribution in [0, 0.1) is 10.1 Å². The van der Waals surface area contributed by atoms with E-state index < -0.39 is 17.0 Å². The maximum absolute atomic E-state index is 11.3. The van der Waals surface area contributed by atoms with Gasteiger partial charge in [0.25, 0.3) is 5.69 Å². The lowest BCUT2D eigenvalue weighted by molar-refractivity contribution is -0.385. The number of carbonyl (C=O) groups excluding carboxylic acids is 1. The molecular formula is C15H13NO5. The van der Waals surface area contributed by atoms with E-state index in [0.717, 1.165) is 0 Å². The number of esters is 1. The van der Waals surface area contributed by atoms with E-state index in [-0.39, 0.29) is 5.69 Å². The summed E-state index contributed by atoms with van der Waals surface area (Å²) in [6.45, 7) is 0. The van der Waals surface area contributed by atoms with Gasteiger partial charge in [-0.25, -0.2) is 4.79 Å². The van der Waals surface area contributed by atoms with Crippen LogP contribution in [0.1, 0.15) is 27.6 Å². The van der Waals surface area contributed by atoms with Gasteiger partial charge in [0.05, 0.1) is 17.6 Å². The summed E-state index contributed by atoms with van der Waals surface area (Å²) in [5, 5.41) is 21.0. The number of aliphatic hydroxyl groups excluding tert-OH is 1. The van der Waals surface area contributed by atoms with Crippen LogP contribution in [0.25, 0.3) is 0 Å². The van der Waals surface area contributed by atoms with E-state index in [1.54, 1.807) is 18.2 Å². The van der Waals surface area contributed by atoms with Crippen LogP contribution in [-0.2, 0) is 4.74 Å². The van der Waals surface area contributed by atoms with Crippen molar-refractivity contribution in [3.05, 3.63) is 75.3 Å². The standard InChI is InChI=1S/C15H13NO5/c1-21-15(18)11-7-5-10(6-8-11)14(17)12-3-2-4-13(9-12)16(19)20/h2-9,14,17H,1H3/t14-/m0/s1. The third kappa shape index (κ3) is 3.24. The molecule has 0 aliphatic rings. The second-order valence-corrected chi connectivity index (χ2v) is 4.37. The van der Waals surface area contributed by atoms with Gasteiger partial charge < -0.3 is 9.84 Å². The number of nitrogens with zero attached hydrogens (tertiary/aromatic N) is 1. The summed E-state index contributed by atoms with van der Waals surface area (Å²) in [7, 11) is 1.29. The van der Waals surface area contributed by atoms with Crippen molar-refractivity contribution in [2.24, 2.45) is 0 Å². The molecule has 21 heavy (non-hydrogen) atoms. The molecule has 0 aliphatic heterocycles. The lowest BCUT2D eigenvalue weighted by Crippen LogP contribution is -2.03. The first kappa shape index (κ1) is 14.7. The number of hydrogen-bond acceptors (Lipinski definition) is 5. The van der Waals surface area contributed by atoms with Gasteiger partial charge in [0.1, 0.15) is 6.10 Å². The molecule has 0 fully saturated rings. The molecule has 0 aliphatic carbocycles. The fourth-order valence-corrected chi connectivity index (χ4v) is 1.92. The number of methoxy groups -OCH3 is 1. The SMILES string of the molecule is COC(=O)c1ccc([C@H](O)c2cccc([N+](=O)[O-])c2)cc1. The van der Waals surface area contributed by atoms with Crippen molar-refractivity contribution in [2.45, 2.75) is 6.10 Å². The fraction of sp³-hybridized carbons (Fsp3) is 0.133. The molecule has 1 N–H and O–H groups in total. The van der Waals surface area contributed by atoms with E-state index in [4.69, 9.17) is 0 Å². The molecule has 1 atom stereocenters. The molecule has 6 nitrogen and oxygen atoms in total. The third-order valence-electron chi connectivity index (χ3n) is 3.04. The number of ether oxygens (including phenoxy) is 1. The van der Waals surface area contributed by atoms with Gasteiger partial charge in [0, 0.05) is 12.1 Å². The fourth-order valence-electron chi connectivity index (χ4n) is 1.92. The molecule has 0 radical (unpaired) electrons. The van der Waals surface area contributed by atoms with Gasteiger partial charge in [0.2, 0.25) is 0 Å². The Morgan fingerprint density at radius 1 is 1.19 bits per heavy atom. The Balaban J connectivity index is 2.27. The van der Waals surface area contributed by atoms with Crippen LogP contribution in [0.3, 0.4) is 0 Å². The number of aliphatic hydroxyl groups is 1. The van der Waals surface area contributed by atoms with Crippen LogP contribution in [0.4, 0.5) is 5.69 Å². The molecule has 0 heterocycles. The molecule has 0 saturated carbocycles. The van der Waals surface area contributed by atoms with Gasteiger partial charge in [-0.2, -0.15) is 0 Å². The predicted molar refractivity (Wildman–Crippen MR) is 74.9 cm³/mol. The van der Waals surface area contributed by atoms with Crippen LogP contribution < -0.4 is 0 Å². The van der Waals surface area contributed by atoms with Crippen molar-refractivity contribution in [1.29, 1.82) is 0 Å². The predicted octanol–water partition coefficient (Wildman–Crippen LogP) is 2.46. The van der Waals surface area contributed by atoms with Crippen LogP contribution in [0.5, 0.6) is 0 Å². The zero-order valence-corrected chi connectivity index (χ0v) is 11.2. The normalized spacial score (nSPS) is 11.7.